The topological polar surface area (TPSA) is 74.4 Å². The van der Waals surface area contributed by atoms with Crippen LogP contribution in [0.1, 0.15) is 12.6 Å². The van der Waals surface area contributed by atoms with E-state index < -0.39 is 5.82 Å². The van der Waals surface area contributed by atoms with Crippen LogP contribution >= 0.6 is 0 Å². The average molecular weight is 353 g/mol. The molecule has 8 heteroatoms. The number of nitrogens with zero attached hydrogens (tertiary/aromatic N) is 5. The Kier molecular flexibility index (Phi) is 3.87. The summed E-state index contributed by atoms with van der Waals surface area (Å²) in [5, 5.41) is 8.39. The molecule has 0 N–H and O–H groups in total. The number of imidazole rings is 1. The fourth-order valence-corrected chi connectivity index (χ4v) is 2.83. The lowest BCUT2D eigenvalue weighted by atomic mass is 10.2. The van der Waals surface area contributed by atoms with Crippen LogP contribution in [0.4, 0.5) is 4.39 Å². The summed E-state index contributed by atoms with van der Waals surface area (Å²) in [5.41, 5.74) is 2.48. The molecular weight excluding hydrogens is 337 g/mol. The van der Waals surface area contributed by atoms with Crippen LogP contribution in [-0.4, -0.2) is 38.3 Å². The first-order valence-electron chi connectivity index (χ1n) is 8.11. The van der Waals surface area contributed by atoms with E-state index in [2.05, 4.69) is 20.2 Å². The van der Waals surface area contributed by atoms with E-state index in [0.717, 1.165) is 0 Å². The molecule has 132 valence electrons. The lowest BCUT2D eigenvalue weighted by Gasteiger charge is -2.08. The maximum atomic E-state index is 14.6. The van der Waals surface area contributed by atoms with Crippen molar-refractivity contribution in [3.8, 4) is 23.0 Å². The third-order valence-electron chi connectivity index (χ3n) is 4.01. The molecule has 4 rings (SSSR count). The molecule has 4 aromatic rings. The predicted octanol–water partition coefficient (Wildman–Crippen LogP) is 3.19. The quantitative estimate of drug-likeness (QED) is 0.561. The Hall–Kier alpha value is -3.29. The fourth-order valence-electron chi connectivity index (χ4n) is 2.83. The maximum absolute atomic E-state index is 14.6. The van der Waals surface area contributed by atoms with E-state index in [0.29, 0.717) is 52.1 Å². The minimum atomic E-state index is -0.409. The second-order valence-corrected chi connectivity index (χ2v) is 5.65. The van der Waals surface area contributed by atoms with Gasteiger partial charge in [-0.05, 0) is 38.1 Å². The first-order chi connectivity index (χ1) is 12.6. The van der Waals surface area contributed by atoms with Crippen molar-refractivity contribution in [1.29, 1.82) is 0 Å². The molecule has 0 aliphatic heterocycles. The first-order valence-corrected chi connectivity index (χ1v) is 8.11. The van der Waals surface area contributed by atoms with Crippen LogP contribution in [0.15, 0.2) is 30.3 Å². The molecule has 0 spiro atoms. The van der Waals surface area contributed by atoms with Crippen LogP contribution in [-0.2, 0) is 0 Å². The molecule has 0 aliphatic carbocycles. The van der Waals surface area contributed by atoms with E-state index in [1.54, 1.807) is 35.6 Å². The molecule has 3 heterocycles. The van der Waals surface area contributed by atoms with Gasteiger partial charge in [0.15, 0.2) is 17.1 Å². The smallest absolute Gasteiger partial charge is 0.215 e. The predicted molar refractivity (Wildman–Crippen MR) is 93.9 cm³/mol. The summed E-state index contributed by atoms with van der Waals surface area (Å²) in [4.78, 5) is 8.97. The van der Waals surface area contributed by atoms with Crippen molar-refractivity contribution >= 4 is 16.8 Å². The molecule has 0 saturated heterocycles. The highest BCUT2D eigenvalue weighted by Crippen LogP contribution is 2.30. The lowest BCUT2D eigenvalue weighted by Crippen LogP contribution is -2.01. The van der Waals surface area contributed by atoms with Crippen LogP contribution in [0.5, 0.6) is 11.6 Å². The minimum Gasteiger partial charge on any atom is -0.494 e. The SMILES string of the molecule is CCOc1ccc(F)c(-c2nc(C)c3nnc4ccc(OC)nc4n23)c1. The van der Waals surface area contributed by atoms with Crippen molar-refractivity contribution in [2.75, 3.05) is 13.7 Å². The molecule has 7 nitrogen and oxygen atoms in total. The second kappa shape index (κ2) is 6.21. The van der Waals surface area contributed by atoms with Crippen LogP contribution in [0.2, 0.25) is 0 Å². The summed E-state index contributed by atoms with van der Waals surface area (Å²) in [6, 6.07) is 8.02. The lowest BCUT2D eigenvalue weighted by molar-refractivity contribution is 0.340. The van der Waals surface area contributed by atoms with Gasteiger partial charge in [0.25, 0.3) is 0 Å². The van der Waals surface area contributed by atoms with Gasteiger partial charge in [-0.3, -0.25) is 4.40 Å². The molecular formula is C18H16FN5O2. The zero-order valence-electron chi connectivity index (χ0n) is 14.5. The number of pyridine rings is 1. The van der Waals surface area contributed by atoms with Crippen molar-refractivity contribution in [2.45, 2.75) is 13.8 Å². The molecule has 26 heavy (non-hydrogen) atoms. The van der Waals surface area contributed by atoms with Crippen LogP contribution in [0, 0.1) is 12.7 Å². The van der Waals surface area contributed by atoms with Gasteiger partial charge < -0.3 is 9.47 Å². The van der Waals surface area contributed by atoms with Gasteiger partial charge in [0.2, 0.25) is 5.88 Å². The number of rotatable bonds is 4. The van der Waals surface area contributed by atoms with Gasteiger partial charge in [-0.15, -0.1) is 10.2 Å². The molecule has 1 aromatic carbocycles. The molecule has 3 aromatic heterocycles. The molecule has 0 saturated carbocycles. The van der Waals surface area contributed by atoms with E-state index in [1.165, 1.54) is 13.2 Å². The molecule has 0 unspecified atom stereocenters. The van der Waals surface area contributed by atoms with Gasteiger partial charge in [-0.2, -0.15) is 4.98 Å². The maximum Gasteiger partial charge on any atom is 0.215 e. The van der Waals surface area contributed by atoms with Gasteiger partial charge in [-0.25, -0.2) is 9.37 Å². The van der Waals surface area contributed by atoms with E-state index in [9.17, 15) is 4.39 Å². The normalized spacial score (nSPS) is 11.2. The Balaban J connectivity index is 2.07. The number of benzene rings is 1. The highest BCUT2D eigenvalue weighted by atomic mass is 19.1. The van der Waals surface area contributed by atoms with E-state index >= 15 is 0 Å². The number of fused-ring (bicyclic) bond motifs is 3. The van der Waals surface area contributed by atoms with Crippen LogP contribution < -0.4 is 9.47 Å². The number of hydrogen-bond donors (Lipinski definition) is 0. The van der Waals surface area contributed by atoms with Gasteiger partial charge >= 0.3 is 0 Å². The standard InChI is InChI=1S/C18H16FN5O2/c1-4-26-11-5-6-13(19)12(9-11)17-20-10(2)16-23-22-14-7-8-15(25-3)21-18(14)24(16)17/h5-9H,4H2,1-3H3. The summed E-state index contributed by atoms with van der Waals surface area (Å²) in [7, 11) is 1.53. The fraction of sp³-hybridized carbons (Fsp3) is 0.222. The zero-order valence-corrected chi connectivity index (χ0v) is 14.5. The summed E-state index contributed by atoms with van der Waals surface area (Å²) < 4.78 is 27.0. The molecule has 0 bridgehead atoms. The molecule has 0 aliphatic rings. The summed E-state index contributed by atoms with van der Waals surface area (Å²) in [6.45, 7) is 4.15. The Bertz CT molecular complexity index is 1130. The van der Waals surface area contributed by atoms with Gasteiger partial charge in [0.05, 0.1) is 25.0 Å². The van der Waals surface area contributed by atoms with Crippen LogP contribution in [0.25, 0.3) is 28.2 Å². The Labute approximate surface area is 148 Å². The third-order valence-corrected chi connectivity index (χ3v) is 4.01. The van der Waals surface area contributed by atoms with E-state index in [1.807, 2.05) is 6.92 Å². The van der Waals surface area contributed by atoms with Crippen molar-refractivity contribution in [1.82, 2.24) is 24.6 Å². The third kappa shape index (κ3) is 2.50. The Morgan fingerprint density at radius 2 is 1.92 bits per heavy atom. The molecule has 0 atom stereocenters. The zero-order chi connectivity index (χ0) is 18.3. The van der Waals surface area contributed by atoms with Crippen molar-refractivity contribution < 1.29 is 13.9 Å². The number of aryl methyl sites for hydroxylation is 1. The van der Waals surface area contributed by atoms with Crippen molar-refractivity contribution in [3.05, 3.63) is 41.8 Å². The number of halogens is 1. The minimum absolute atomic E-state index is 0.304. The number of hydrogen-bond acceptors (Lipinski definition) is 6. The van der Waals surface area contributed by atoms with E-state index in [4.69, 9.17) is 9.47 Å². The van der Waals surface area contributed by atoms with E-state index in [-0.39, 0.29) is 0 Å². The Morgan fingerprint density at radius 3 is 2.69 bits per heavy atom. The molecule has 0 amide bonds. The average Bonchev–Trinajstić information content (AvgIpc) is 3.00. The monoisotopic (exact) mass is 353 g/mol. The summed E-state index contributed by atoms with van der Waals surface area (Å²) >= 11 is 0. The van der Waals surface area contributed by atoms with Gasteiger partial charge in [0.1, 0.15) is 17.1 Å². The van der Waals surface area contributed by atoms with Crippen molar-refractivity contribution in [2.24, 2.45) is 0 Å². The largest absolute Gasteiger partial charge is 0.494 e. The summed E-state index contributed by atoms with van der Waals surface area (Å²) in [5.74, 6) is 0.966. The first kappa shape index (κ1) is 16.2. The van der Waals surface area contributed by atoms with Crippen LogP contribution in [0.3, 0.4) is 0 Å². The summed E-state index contributed by atoms with van der Waals surface area (Å²) in [6.07, 6.45) is 0. The second-order valence-electron chi connectivity index (χ2n) is 5.65. The van der Waals surface area contributed by atoms with Crippen molar-refractivity contribution in [3.63, 3.8) is 0 Å². The number of ether oxygens (including phenoxy) is 2. The van der Waals surface area contributed by atoms with Gasteiger partial charge in [0, 0.05) is 6.07 Å². The van der Waals surface area contributed by atoms with Gasteiger partial charge in [-0.1, -0.05) is 0 Å². The molecule has 0 radical (unpaired) electrons. The molecule has 0 fully saturated rings. The number of methoxy groups -OCH3 is 1. The number of aromatic nitrogens is 5. The Morgan fingerprint density at radius 1 is 1.08 bits per heavy atom. The highest BCUT2D eigenvalue weighted by molar-refractivity contribution is 5.78. The highest BCUT2D eigenvalue weighted by Gasteiger charge is 2.19.